The van der Waals surface area contributed by atoms with Crippen molar-refractivity contribution in [3.05, 3.63) is 87.8 Å². The van der Waals surface area contributed by atoms with E-state index in [1.165, 1.54) is 12.7 Å². The lowest BCUT2D eigenvalue weighted by Crippen LogP contribution is -2.36. The van der Waals surface area contributed by atoms with E-state index in [-0.39, 0.29) is 17.4 Å². The van der Waals surface area contributed by atoms with Crippen LogP contribution in [0.1, 0.15) is 29.2 Å². The summed E-state index contributed by atoms with van der Waals surface area (Å²) in [5.74, 6) is -0.650. The summed E-state index contributed by atoms with van der Waals surface area (Å²) in [5, 5.41) is 5.01. The van der Waals surface area contributed by atoms with Crippen LogP contribution in [-0.2, 0) is 20.8 Å². The number of benzene rings is 3. The van der Waals surface area contributed by atoms with Crippen LogP contribution in [-0.4, -0.2) is 48.1 Å². The van der Waals surface area contributed by atoms with Gasteiger partial charge >= 0.3 is 0 Å². The summed E-state index contributed by atoms with van der Waals surface area (Å²) in [4.78, 5) is 51.5. The number of thioether (sulfide) groups is 1. The molecule has 0 bridgehead atoms. The van der Waals surface area contributed by atoms with Crippen LogP contribution in [0.5, 0.6) is 11.5 Å². The molecule has 10 heteroatoms. The SMILES string of the molecule is CCc1ccc(NC(=O)COc2ccc(/C=C3\SC(=O)N(CC(=O)Nc4ccc(C)cc4C)C3=O)cc2OC)cc1. The number of aryl methyl sites for hydroxylation is 3. The van der Waals surface area contributed by atoms with Gasteiger partial charge in [-0.1, -0.05) is 42.8 Å². The lowest BCUT2D eigenvalue weighted by molar-refractivity contribution is -0.127. The summed E-state index contributed by atoms with van der Waals surface area (Å²) in [5.41, 5.74) is 5.01. The molecule has 0 atom stereocenters. The van der Waals surface area contributed by atoms with E-state index in [4.69, 9.17) is 9.47 Å². The van der Waals surface area contributed by atoms with Crippen LogP contribution in [0.25, 0.3) is 6.08 Å². The highest BCUT2D eigenvalue weighted by Crippen LogP contribution is 2.34. The number of hydrogen-bond acceptors (Lipinski definition) is 7. The first-order valence-corrected chi connectivity index (χ1v) is 13.8. The average Bonchev–Trinajstić information content (AvgIpc) is 3.21. The zero-order valence-corrected chi connectivity index (χ0v) is 24.1. The van der Waals surface area contributed by atoms with E-state index in [2.05, 4.69) is 17.6 Å². The van der Waals surface area contributed by atoms with Gasteiger partial charge in [0, 0.05) is 11.4 Å². The number of nitrogens with zero attached hydrogens (tertiary/aromatic N) is 1. The second kappa shape index (κ2) is 13.2. The molecule has 1 aliphatic rings. The second-order valence-corrected chi connectivity index (χ2v) is 10.4. The standard InChI is InChI=1S/C31H31N3O6S/c1-5-21-7-10-23(11-8-21)32-29(36)18-40-25-13-9-22(15-26(25)39-4)16-27-30(37)34(31(38)41-27)17-28(35)33-24-12-6-19(2)14-20(24)3/h6-16H,5,17-18H2,1-4H3,(H,32,36)(H,33,35)/b27-16-. The van der Waals surface area contributed by atoms with E-state index < -0.39 is 23.6 Å². The molecule has 3 aromatic carbocycles. The molecular weight excluding hydrogens is 542 g/mol. The van der Waals surface area contributed by atoms with E-state index in [1.54, 1.807) is 30.3 Å². The summed E-state index contributed by atoms with van der Waals surface area (Å²) in [6.07, 6.45) is 2.46. The Morgan fingerprint density at radius 3 is 2.37 bits per heavy atom. The van der Waals surface area contributed by atoms with Gasteiger partial charge in [0.25, 0.3) is 17.1 Å². The summed E-state index contributed by atoms with van der Waals surface area (Å²) in [6.45, 7) is 5.26. The largest absolute Gasteiger partial charge is 0.493 e. The Balaban J connectivity index is 1.37. The summed E-state index contributed by atoms with van der Waals surface area (Å²) in [6, 6.07) is 18.1. The van der Waals surface area contributed by atoms with Crippen molar-refractivity contribution in [1.82, 2.24) is 4.90 Å². The molecule has 0 radical (unpaired) electrons. The number of nitrogens with one attached hydrogen (secondary N) is 2. The quantitative estimate of drug-likeness (QED) is 0.305. The van der Waals surface area contributed by atoms with Crippen LogP contribution in [0.3, 0.4) is 0 Å². The molecule has 4 rings (SSSR count). The number of anilines is 2. The molecule has 1 heterocycles. The number of ether oxygens (including phenoxy) is 2. The van der Waals surface area contributed by atoms with E-state index in [0.29, 0.717) is 28.4 Å². The van der Waals surface area contributed by atoms with Gasteiger partial charge in [0.1, 0.15) is 6.54 Å². The Hall–Kier alpha value is -4.57. The van der Waals surface area contributed by atoms with Crippen LogP contribution in [0.4, 0.5) is 16.2 Å². The maximum absolute atomic E-state index is 12.9. The van der Waals surface area contributed by atoms with Gasteiger partial charge in [0.05, 0.1) is 12.0 Å². The lowest BCUT2D eigenvalue weighted by Gasteiger charge is -2.14. The topological polar surface area (TPSA) is 114 Å². The van der Waals surface area contributed by atoms with Crippen molar-refractivity contribution in [1.29, 1.82) is 0 Å². The predicted molar refractivity (Wildman–Crippen MR) is 160 cm³/mol. The highest BCUT2D eigenvalue weighted by molar-refractivity contribution is 8.18. The zero-order valence-electron chi connectivity index (χ0n) is 23.3. The zero-order chi connectivity index (χ0) is 29.5. The van der Waals surface area contributed by atoms with Crippen molar-refractivity contribution in [2.45, 2.75) is 27.2 Å². The molecule has 0 saturated carbocycles. The van der Waals surface area contributed by atoms with Crippen molar-refractivity contribution < 1.29 is 28.7 Å². The Bertz CT molecular complexity index is 1520. The molecule has 41 heavy (non-hydrogen) atoms. The van der Waals surface area contributed by atoms with Gasteiger partial charge in [-0.15, -0.1) is 0 Å². The predicted octanol–water partition coefficient (Wildman–Crippen LogP) is 5.57. The molecule has 0 spiro atoms. The van der Waals surface area contributed by atoms with E-state index >= 15 is 0 Å². The average molecular weight is 574 g/mol. The molecule has 0 aliphatic carbocycles. The van der Waals surface area contributed by atoms with E-state index in [9.17, 15) is 19.2 Å². The Kier molecular flexibility index (Phi) is 9.46. The molecule has 0 aromatic heterocycles. The van der Waals surface area contributed by atoms with Crippen molar-refractivity contribution in [3.63, 3.8) is 0 Å². The minimum absolute atomic E-state index is 0.179. The van der Waals surface area contributed by atoms with Crippen LogP contribution >= 0.6 is 11.8 Å². The maximum Gasteiger partial charge on any atom is 0.294 e. The number of hydrogen-bond donors (Lipinski definition) is 2. The van der Waals surface area contributed by atoms with Crippen LogP contribution in [0.15, 0.2) is 65.6 Å². The molecule has 4 amide bonds. The van der Waals surface area contributed by atoms with Crippen molar-refractivity contribution in [2.75, 3.05) is 30.9 Å². The monoisotopic (exact) mass is 573 g/mol. The Labute approximate surface area is 242 Å². The van der Waals surface area contributed by atoms with Crippen LogP contribution in [0, 0.1) is 13.8 Å². The van der Waals surface area contributed by atoms with Gasteiger partial charge in [-0.05, 0) is 85.1 Å². The molecule has 212 valence electrons. The van der Waals surface area contributed by atoms with E-state index in [0.717, 1.165) is 34.2 Å². The van der Waals surface area contributed by atoms with Gasteiger partial charge in [-0.25, -0.2) is 0 Å². The highest BCUT2D eigenvalue weighted by Gasteiger charge is 2.36. The first-order chi connectivity index (χ1) is 19.7. The summed E-state index contributed by atoms with van der Waals surface area (Å²) < 4.78 is 11.1. The molecule has 9 nitrogen and oxygen atoms in total. The number of amides is 4. The molecule has 2 N–H and O–H groups in total. The first kappa shape index (κ1) is 29.4. The third-order valence-corrected chi connectivity index (χ3v) is 7.23. The maximum atomic E-state index is 12.9. The number of imide groups is 1. The fourth-order valence-corrected chi connectivity index (χ4v) is 4.97. The molecule has 1 fully saturated rings. The van der Waals surface area contributed by atoms with Crippen LogP contribution in [0.2, 0.25) is 0 Å². The number of carbonyl (C=O) groups excluding carboxylic acids is 4. The van der Waals surface area contributed by atoms with Gasteiger partial charge in [-0.2, -0.15) is 0 Å². The van der Waals surface area contributed by atoms with Gasteiger partial charge in [-0.3, -0.25) is 24.1 Å². The van der Waals surface area contributed by atoms with Crippen molar-refractivity contribution >= 4 is 52.2 Å². The Morgan fingerprint density at radius 2 is 1.68 bits per heavy atom. The number of rotatable bonds is 10. The normalized spacial score (nSPS) is 13.9. The molecule has 1 saturated heterocycles. The molecular formula is C31H31N3O6S. The van der Waals surface area contributed by atoms with Crippen LogP contribution < -0.4 is 20.1 Å². The lowest BCUT2D eigenvalue weighted by atomic mass is 10.1. The van der Waals surface area contributed by atoms with Gasteiger partial charge < -0.3 is 20.1 Å². The second-order valence-electron chi connectivity index (χ2n) is 9.43. The smallest absolute Gasteiger partial charge is 0.294 e. The van der Waals surface area contributed by atoms with Crippen molar-refractivity contribution in [3.8, 4) is 11.5 Å². The summed E-state index contributed by atoms with van der Waals surface area (Å²) >= 11 is 0.758. The van der Waals surface area contributed by atoms with Crippen molar-refractivity contribution in [2.24, 2.45) is 0 Å². The Morgan fingerprint density at radius 1 is 0.927 bits per heavy atom. The fourth-order valence-electron chi connectivity index (χ4n) is 4.13. The fraction of sp³-hybridized carbons (Fsp3) is 0.226. The minimum Gasteiger partial charge on any atom is -0.493 e. The number of methoxy groups -OCH3 is 1. The van der Waals surface area contributed by atoms with E-state index in [1.807, 2.05) is 50.2 Å². The molecule has 1 aliphatic heterocycles. The third kappa shape index (κ3) is 7.55. The number of carbonyl (C=O) groups is 4. The molecule has 0 unspecified atom stereocenters. The summed E-state index contributed by atoms with van der Waals surface area (Å²) in [7, 11) is 1.46. The van der Waals surface area contributed by atoms with Gasteiger partial charge in [0.15, 0.2) is 18.1 Å². The highest BCUT2D eigenvalue weighted by atomic mass is 32.2. The minimum atomic E-state index is -0.557. The first-order valence-electron chi connectivity index (χ1n) is 13.0. The van der Waals surface area contributed by atoms with Gasteiger partial charge in [0.2, 0.25) is 5.91 Å². The third-order valence-electron chi connectivity index (χ3n) is 6.32. The molecule has 3 aromatic rings.